The van der Waals surface area contributed by atoms with Crippen molar-refractivity contribution >= 4 is 11.9 Å². The van der Waals surface area contributed by atoms with E-state index in [1.54, 1.807) is 0 Å². The van der Waals surface area contributed by atoms with E-state index in [9.17, 15) is 0 Å². The lowest BCUT2D eigenvalue weighted by atomic mass is 9.82. The maximum Gasteiger partial charge on any atom is 0.0405 e. The van der Waals surface area contributed by atoms with E-state index in [-0.39, 0.29) is 0 Å². The van der Waals surface area contributed by atoms with E-state index >= 15 is 0 Å². The average Bonchev–Trinajstić information content (AvgIpc) is 2.29. The Morgan fingerprint density at radius 2 is 2.31 bits per heavy atom. The first-order valence-corrected chi connectivity index (χ1v) is 5.83. The predicted octanol–water partition coefficient (Wildman–Crippen LogP) is 1.98. The van der Waals surface area contributed by atoms with Gasteiger partial charge >= 0.3 is 0 Å². The van der Waals surface area contributed by atoms with Gasteiger partial charge in [0.1, 0.15) is 0 Å². The van der Waals surface area contributed by atoms with Crippen LogP contribution in [0.5, 0.6) is 0 Å². The second kappa shape index (κ2) is 4.66. The Bertz CT molecular complexity index is 387. The highest BCUT2D eigenvalue weighted by atomic mass is 14.9. The number of nitrogen functional groups attached to an aromatic ring is 1. The van der Waals surface area contributed by atoms with Crippen molar-refractivity contribution in [3.05, 3.63) is 29.3 Å². The Balaban J connectivity index is 2.26. The third kappa shape index (κ3) is 2.09. The fraction of sp³-hybridized carbons (Fsp3) is 0.462. The molecule has 0 amide bonds. The summed E-state index contributed by atoms with van der Waals surface area (Å²) in [5.74, 6) is 1.25. The van der Waals surface area contributed by atoms with Crippen LogP contribution >= 0.6 is 0 Å². The van der Waals surface area contributed by atoms with Crippen LogP contribution in [0.2, 0.25) is 0 Å². The number of hydrogen-bond donors (Lipinski definition) is 3. The molecule has 0 saturated carbocycles. The summed E-state index contributed by atoms with van der Waals surface area (Å²) < 4.78 is 0. The van der Waals surface area contributed by atoms with Gasteiger partial charge in [-0.15, -0.1) is 0 Å². The molecule has 0 aromatic heterocycles. The molecule has 4 N–H and O–H groups in total. The number of nitrogens with one attached hydrogen (secondary N) is 2. The molecule has 86 valence electrons. The molecule has 1 aromatic carbocycles. The quantitative estimate of drug-likeness (QED) is 0.524. The van der Waals surface area contributed by atoms with Crippen LogP contribution in [0.1, 0.15) is 30.4 Å². The average molecular weight is 217 g/mol. The zero-order chi connectivity index (χ0) is 11.5. The van der Waals surface area contributed by atoms with Gasteiger partial charge in [-0.2, -0.15) is 0 Å². The highest BCUT2D eigenvalue weighted by molar-refractivity contribution is 5.85. The van der Waals surface area contributed by atoms with E-state index in [1.165, 1.54) is 18.2 Å². The second-order valence-electron chi connectivity index (χ2n) is 4.61. The molecule has 0 spiro atoms. The molecule has 1 aliphatic rings. The van der Waals surface area contributed by atoms with Gasteiger partial charge in [0.05, 0.1) is 0 Å². The molecule has 3 heteroatoms. The summed E-state index contributed by atoms with van der Waals surface area (Å²) in [7, 11) is 0. The molecule has 0 aliphatic carbocycles. The molecule has 16 heavy (non-hydrogen) atoms. The van der Waals surface area contributed by atoms with Gasteiger partial charge in [0.25, 0.3) is 0 Å². The lowest BCUT2D eigenvalue weighted by molar-refractivity contribution is 0.349. The normalized spacial score (nSPS) is 25.3. The first-order valence-electron chi connectivity index (χ1n) is 5.83. The fourth-order valence-corrected chi connectivity index (χ4v) is 2.46. The number of rotatable bonds is 2. The molecule has 2 atom stereocenters. The van der Waals surface area contributed by atoms with E-state index in [1.807, 2.05) is 12.1 Å². The smallest absolute Gasteiger partial charge is 0.0405 e. The monoisotopic (exact) mass is 217 g/mol. The molecular formula is C13H19N3. The number of piperidine rings is 1. The summed E-state index contributed by atoms with van der Waals surface area (Å²) >= 11 is 0. The van der Waals surface area contributed by atoms with Gasteiger partial charge in [0.15, 0.2) is 0 Å². The van der Waals surface area contributed by atoms with E-state index in [0.29, 0.717) is 11.8 Å². The summed E-state index contributed by atoms with van der Waals surface area (Å²) in [4.78, 5) is 0. The van der Waals surface area contributed by atoms with Crippen molar-refractivity contribution in [1.82, 2.24) is 5.32 Å². The fourth-order valence-electron chi connectivity index (χ4n) is 2.46. The van der Waals surface area contributed by atoms with Crippen molar-refractivity contribution in [2.75, 3.05) is 18.8 Å². The van der Waals surface area contributed by atoms with Crippen molar-refractivity contribution in [1.29, 1.82) is 5.41 Å². The molecule has 0 radical (unpaired) electrons. The summed E-state index contributed by atoms with van der Waals surface area (Å²) in [6.45, 7) is 4.44. The number of hydrogen-bond acceptors (Lipinski definition) is 3. The number of anilines is 1. The van der Waals surface area contributed by atoms with Gasteiger partial charge in [-0.05, 0) is 43.0 Å². The van der Waals surface area contributed by atoms with Gasteiger partial charge < -0.3 is 16.5 Å². The molecule has 2 rings (SSSR count). The van der Waals surface area contributed by atoms with Crippen molar-refractivity contribution in [2.24, 2.45) is 5.92 Å². The van der Waals surface area contributed by atoms with E-state index in [4.69, 9.17) is 11.1 Å². The van der Waals surface area contributed by atoms with Crippen LogP contribution in [-0.2, 0) is 0 Å². The maximum atomic E-state index is 7.22. The molecule has 0 bridgehead atoms. The van der Waals surface area contributed by atoms with Gasteiger partial charge in [0, 0.05) is 17.5 Å². The van der Waals surface area contributed by atoms with E-state index < -0.39 is 0 Å². The molecule has 3 nitrogen and oxygen atoms in total. The Hall–Kier alpha value is -1.35. The first-order chi connectivity index (χ1) is 7.72. The van der Waals surface area contributed by atoms with E-state index in [0.717, 1.165) is 24.3 Å². The molecule has 1 aliphatic heterocycles. The first kappa shape index (κ1) is 11.1. The molecule has 1 fully saturated rings. The van der Waals surface area contributed by atoms with Crippen LogP contribution in [0.3, 0.4) is 0 Å². The van der Waals surface area contributed by atoms with Crippen molar-refractivity contribution < 1.29 is 0 Å². The zero-order valence-corrected chi connectivity index (χ0v) is 9.66. The van der Waals surface area contributed by atoms with E-state index in [2.05, 4.69) is 18.3 Å². The standard InChI is InChI=1S/C13H19N3/c1-9-8-16-5-4-12(9)10-2-3-11(7-14)13(15)6-10/h2-3,6-7,9,12,14,16H,4-5,8,15H2,1H3. The van der Waals surface area contributed by atoms with Gasteiger partial charge in [-0.3, -0.25) is 0 Å². The van der Waals surface area contributed by atoms with Crippen molar-refractivity contribution in [3.8, 4) is 0 Å². The minimum atomic E-state index is 0.600. The van der Waals surface area contributed by atoms with Crippen LogP contribution in [0.15, 0.2) is 18.2 Å². The largest absolute Gasteiger partial charge is 0.398 e. The van der Waals surface area contributed by atoms with Crippen LogP contribution in [0, 0.1) is 11.3 Å². The highest BCUT2D eigenvalue weighted by Gasteiger charge is 2.22. The molecule has 1 heterocycles. The summed E-state index contributed by atoms with van der Waals surface area (Å²) in [5.41, 5.74) is 8.76. The minimum Gasteiger partial charge on any atom is -0.398 e. The predicted molar refractivity (Wildman–Crippen MR) is 68.1 cm³/mol. The maximum absolute atomic E-state index is 7.22. The molecular weight excluding hydrogens is 198 g/mol. The summed E-state index contributed by atoms with van der Waals surface area (Å²) in [6, 6.07) is 6.10. The molecule has 1 aromatic rings. The minimum absolute atomic E-state index is 0.600. The Labute approximate surface area is 96.6 Å². The number of benzene rings is 1. The Morgan fingerprint density at radius 3 is 2.94 bits per heavy atom. The lowest BCUT2D eigenvalue weighted by Crippen LogP contribution is -2.33. The van der Waals surface area contributed by atoms with Crippen molar-refractivity contribution in [3.63, 3.8) is 0 Å². The highest BCUT2D eigenvalue weighted by Crippen LogP contribution is 2.31. The number of nitrogens with two attached hydrogens (primary N) is 1. The second-order valence-corrected chi connectivity index (χ2v) is 4.61. The topological polar surface area (TPSA) is 61.9 Å². The zero-order valence-electron chi connectivity index (χ0n) is 9.66. The van der Waals surface area contributed by atoms with Crippen LogP contribution < -0.4 is 11.1 Å². The Morgan fingerprint density at radius 1 is 1.50 bits per heavy atom. The van der Waals surface area contributed by atoms with Crippen LogP contribution in [0.4, 0.5) is 5.69 Å². The van der Waals surface area contributed by atoms with Crippen LogP contribution in [0.25, 0.3) is 0 Å². The molecule has 2 unspecified atom stereocenters. The SMILES string of the molecule is CC1CNCCC1c1ccc(C=N)c(N)c1. The summed E-state index contributed by atoms with van der Waals surface area (Å²) in [6.07, 6.45) is 2.48. The van der Waals surface area contributed by atoms with Gasteiger partial charge in [-0.25, -0.2) is 0 Å². The Kier molecular flexibility index (Phi) is 3.25. The van der Waals surface area contributed by atoms with Gasteiger partial charge in [-0.1, -0.05) is 19.1 Å². The van der Waals surface area contributed by atoms with Crippen molar-refractivity contribution in [2.45, 2.75) is 19.3 Å². The van der Waals surface area contributed by atoms with Crippen LogP contribution in [-0.4, -0.2) is 19.3 Å². The summed E-state index contributed by atoms with van der Waals surface area (Å²) in [5, 5.41) is 10.6. The third-order valence-electron chi connectivity index (χ3n) is 3.48. The lowest BCUT2D eigenvalue weighted by Gasteiger charge is -2.30. The third-order valence-corrected chi connectivity index (χ3v) is 3.48. The molecule has 1 saturated heterocycles. The van der Waals surface area contributed by atoms with Gasteiger partial charge in [0.2, 0.25) is 0 Å².